The quantitative estimate of drug-likeness (QED) is 0.833. The van der Waals surface area contributed by atoms with Crippen LogP contribution in [0.2, 0.25) is 0 Å². The van der Waals surface area contributed by atoms with E-state index in [0.29, 0.717) is 18.5 Å². The Morgan fingerprint density at radius 1 is 1.25 bits per heavy atom. The Balaban J connectivity index is 2.99. The fourth-order valence-corrected chi connectivity index (χ4v) is 2.54. The third-order valence-electron chi connectivity index (χ3n) is 4.63. The summed E-state index contributed by atoms with van der Waals surface area (Å²) >= 11 is 0. The molecular weight excluding hydrogens is 248 g/mol. The molecule has 1 rings (SSSR count). The van der Waals surface area contributed by atoms with Gasteiger partial charge in [-0.1, -0.05) is 32.0 Å². The van der Waals surface area contributed by atoms with Crippen LogP contribution in [0, 0.1) is 5.92 Å². The molecule has 0 fully saturated rings. The largest absolute Gasteiger partial charge is 0.496 e. The van der Waals surface area contributed by atoms with Crippen LogP contribution >= 0.6 is 0 Å². The maximum Gasteiger partial charge on any atom is 0.122 e. The Bertz CT molecular complexity index is 419. The van der Waals surface area contributed by atoms with E-state index in [9.17, 15) is 0 Å². The summed E-state index contributed by atoms with van der Waals surface area (Å²) in [4.78, 5) is 2.41. The van der Waals surface area contributed by atoms with Gasteiger partial charge in [-0.3, -0.25) is 4.90 Å². The van der Waals surface area contributed by atoms with E-state index in [4.69, 9.17) is 10.5 Å². The van der Waals surface area contributed by atoms with Gasteiger partial charge in [-0.2, -0.15) is 0 Å². The zero-order valence-corrected chi connectivity index (χ0v) is 13.8. The molecule has 2 unspecified atom stereocenters. The predicted molar refractivity (Wildman–Crippen MR) is 86.2 cm³/mol. The highest BCUT2D eigenvalue weighted by Crippen LogP contribution is 2.28. The summed E-state index contributed by atoms with van der Waals surface area (Å²) in [5.41, 5.74) is 7.25. The van der Waals surface area contributed by atoms with Crippen molar-refractivity contribution in [3.05, 3.63) is 29.8 Å². The third kappa shape index (κ3) is 3.74. The topological polar surface area (TPSA) is 38.5 Å². The number of likely N-dealkylation sites (N-methyl/N-ethyl adjacent to an activating group) is 1. The van der Waals surface area contributed by atoms with Crippen molar-refractivity contribution >= 4 is 0 Å². The maximum atomic E-state index is 6.10. The zero-order chi connectivity index (χ0) is 15.3. The van der Waals surface area contributed by atoms with Crippen molar-refractivity contribution in [2.24, 2.45) is 11.7 Å². The number of rotatable bonds is 7. The molecule has 0 amide bonds. The zero-order valence-electron chi connectivity index (χ0n) is 13.8. The molecule has 3 nitrogen and oxygen atoms in total. The first-order chi connectivity index (χ1) is 9.35. The lowest BCUT2D eigenvalue weighted by Gasteiger charge is -2.43. The second-order valence-corrected chi connectivity index (χ2v) is 6.29. The lowest BCUT2D eigenvalue weighted by Crippen LogP contribution is -2.55. The molecule has 0 aliphatic heterocycles. The fourth-order valence-electron chi connectivity index (χ4n) is 2.54. The summed E-state index contributed by atoms with van der Waals surface area (Å²) in [5.74, 6) is 1.54. The van der Waals surface area contributed by atoms with Crippen LogP contribution in [0.4, 0.5) is 0 Å². The summed E-state index contributed by atoms with van der Waals surface area (Å²) in [5, 5.41) is 0. The van der Waals surface area contributed by atoms with Gasteiger partial charge in [0.1, 0.15) is 5.75 Å². The Morgan fingerprint density at radius 3 is 2.35 bits per heavy atom. The van der Waals surface area contributed by atoms with Gasteiger partial charge in [0.2, 0.25) is 0 Å². The van der Waals surface area contributed by atoms with Crippen molar-refractivity contribution < 1.29 is 4.74 Å². The Kier molecular flexibility index (Phi) is 6.03. The molecule has 1 aromatic carbocycles. The van der Waals surface area contributed by atoms with Gasteiger partial charge in [0, 0.05) is 18.1 Å². The van der Waals surface area contributed by atoms with E-state index in [1.807, 2.05) is 12.1 Å². The Labute approximate surface area is 124 Å². The summed E-state index contributed by atoms with van der Waals surface area (Å²) in [6.07, 6.45) is 0.890. The standard InChI is InChI=1S/C17H30N2O/c1-13(2)14(3)19(5)17(4,12-18)11-15-9-7-8-10-16(15)20-6/h7-10,13-14H,11-12,18H2,1-6H3. The van der Waals surface area contributed by atoms with Crippen LogP contribution < -0.4 is 10.5 Å². The van der Waals surface area contributed by atoms with Crippen molar-refractivity contribution in [3.63, 3.8) is 0 Å². The normalized spacial score (nSPS) is 16.2. The minimum Gasteiger partial charge on any atom is -0.496 e. The van der Waals surface area contributed by atoms with Gasteiger partial charge in [0.15, 0.2) is 0 Å². The molecule has 0 saturated carbocycles. The van der Waals surface area contributed by atoms with Gasteiger partial charge >= 0.3 is 0 Å². The molecular formula is C17H30N2O. The average Bonchev–Trinajstić information content (AvgIpc) is 2.45. The molecule has 3 heteroatoms. The van der Waals surface area contributed by atoms with E-state index in [-0.39, 0.29) is 5.54 Å². The van der Waals surface area contributed by atoms with E-state index >= 15 is 0 Å². The maximum absolute atomic E-state index is 6.10. The van der Waals surface area contributed by atoms with Gasteiger partial charge in [0.05, 0.1) is 7.11 Å². The van der Waals surface area contributed by atoms with Gasteiger partial charge in [-0.15, -0.1) is 0 Å². The number of benzene rings is 1. The molecule has 1 aromatic rings. The van der Waals surface area contributed by atoms with E-state index in [2.05, 4.69) is 51.8 Å². The predicted octanol–water partition coefficient (Wildman–Crippen LogP) is 2.93. The highest BCUT2D eigenvalue weighted by molar-refractivity contribution is 5.34. The van der Waals surface area contributed by atoms with Crippen LogP contribution in [0.3, 0.4) is 0 Å². The third-order valence-corrected chi connectivity index (χ3v) is 4.63. The highest BCUT2D eigenvalue weighted by Gasteiger charge is 2.32. The number of hydrogen-bond donors (Lipinski definition) is 1. The molecule has 0 heterocycles. The van der Waals surface area contributed by atoms with Crippen LogP contribution in [-0.4, -0.2) is 37.2 Å². The molecule has 0 spiro atoms. The monoisotopic (exact) mass is 278 g/mol. The van der Waals surface area contributed by atoms with E-state index in [1.54, 1.807) is 7.11 Å². The molecule has 2 atom stereocenters. The molecule has 0 saturated heterocycles. The fraction of sp³-hybridized carbons (Fsp3) is 0.647. The summed E-state index contributed by atoms with van der Waals surface area (Å²) in [7, 11) is 3.89. The lowest BCUT2D eigenvalue weighted by atomic mass is 9.88. The summed E-state index contributed by atoms with van der Waals surface area (Å²) in [6, 6.07) is 8.68. The molecule has 0 aliphatic rings. The number of ether oxygens (including phenoxy) is 1. The molecule has 0 radical (unpaired) electrons. The van der Waals surface area contributed by atoms with E-state index < -0.39 is 0 Å². The van der Waals surface area contributed by atoms with E-state index in [1.165, 1.54) is 5.56 Å². The van der Waals surface area contributed by atoms with Crippen LogP contribution in [0.1, 0.15) is 33.3 Å². The molecule has 0 aliphatic carbocycles. The Hall–Kier alpha value is -1.06. The molecule has 2 N–H and O–H groups in total. The first-order valence-corrected chi connectivity index (χ1v) is 7.40. The minimum absolute atomic E-state index is 0.0711. The molecule has 0 aromatic heterocycles. The summed E-state index contributed by atoms with van der Waals surface area (Å²) in [6.45, 7) is 9.63. The van der Waals surface area contributed by atoms with Crippen molar-refractivity contribution in [1.29, 1.82) is 0 Å². The number of methoxy groups -OCH3 is 1. The number of nitrogens with two attached hydrogens (primary N) is 1. The summed E-state index contributed by atoms with van der Waals surface area (Å²) < 4.78 is 5.46. The highest BCUT2D eigenvalue weighted by atomic mass is 16.5. The second kappa shape index (κ2) is 7.09. The van der Waals surface area contributed by atoms with Crippen LogP contribution in [0.25, 0.3) is 0 Å². The lowest BCUT2D eigenvalue weighted by molar-refractivity contribution is 0.0762. The van der Waals surface area contributed by atoms with Gasteiger partial charge in [-0.05, 0) is 44.9 Å². The van der Waals surface area contributed by atoms with Crippen LogP contribution in [0.15, 0.2) is 24.3 Å². The van der Waals surface area contributed by atoms with Crippen molar-refractivity contribution in [1.82, 2.24) is 4.90 Å². The SMILES string of the molecule is COc1ccccc1CC(C)(CN)N(C)C(C)C(C)C. The van der Waals surface area contributed by atoms with Gasteiger partial charge in [-0.25, -0.2) is 0 Å². The number of para-hydroxylation sites is 1. The van der Waals surface area contributed by atoms with Crippen LogP contribution in [-0.2, 0) is 6.42 Å². The second-order valence-electron chi connectivity index (χ2n) is 6.29. The van der Waals surface area contributed by atoms with Crippen molar-refractivity contribution in [3.8, 4) is 5.75 Å². The first-order valence-electron chi connectivity index (χ1n) is 7.40. The van der Waals surface area contributed by atoms with Crippen LogP contribution in [0.5, 0.6) is 5.75 Å². The smallest absolute Gasteiger partial charge is 0.122 e. The van der Waals surface area contributed by atoms with Gasteiger partial charge in [0.25, 0.3) is 0 Å². The van der Waals surface area contributed by atoms with Crippen molar-refractivity contribution in [2.75, 3.05) is 20.7 Å². The Morgan fingerprint density at radius 2 is 1.85 bits per heavy atom. The average molecular weight is 278 g/mol. The first kappa shape index (κ1) is 17.0. The van der Waals surface area contributed by atoms with Gasteiger partial charge < -0.3 is 10.5 Å². The number of nitrogens with zero attached hydrogens (tertiary/aromatic N) is 1. The molecule has 114 valence electrons. The van der Waals surface area contributed by atoms with E-state index in [0.717, 1.165) is 12.2 Å². The molecule has 20 heavy (non-hydrogen) atoms. The van der Waals surface area contributed by atoms with Crippen molar-refractivity contribution in [2.45, 2.75) is 45.7 Å². The molecule has 0 bridgehead atoms. The number of hydrogen-bond acceptors (Lipinski definition) is 3. The minimum atomic E-state index is -0.0711.